The quantitative estimate of drug-likeness (QED) is 0.0644. The molecule has 1 radical (unpaired) electrons. The van der Waals surface area contributed by atoms with Crippen LogP contribution in [0.4, 0.5) is 0 Å². The van der Waals surface area contributed by atoms with E-state index in [0.29, 0.717) is 6.17 Å². The number of nitrogens with zero attached hydrogens (tertiary/aromatic N) is 1. The van der Waals surface area contributed by atoms with Crippen molar-refractivity contribution in [3.63, 3.8) is 0 Å². The number of aliphatic hydroxyl groups excluding tert-OH is 1. The molecule has 1 aliphatic rings. The molecule has 5 aromatic rings. The van der Waals surface area contributed by atoms with E-state index in [1.807, 2.05) is 52.4 Å². The predicted octanol–water partition coefficient (Wildman–Crippen LogP) is 14.3. The minimum Gasteiger partial charge on any atom is -0.512 e. The van der Waals surface area contributed by atoms with Gasteiger partial charge in [-0.2, -0.15) is 0 Å². The number of rotatable bonds is 10. The van der Waals surface area contributed by atoms with E-state index in [-0.39, 0.29) is 53.8 Å². The van der Waals surface area contributed by atoms with Crippen LogP contribution in [-0.4, -0.2) is 15.9 Å². The molecular formula is C48H60IrNO2S-. The van der Waals surface area contributed by atoms with E-state index >= 15 is 0 Å². The SMILES string of the molecule is CCC(CC)/C(O)=C/C(=O)C(CC)(CC)CC.[2H]c1cc2c3c(cc4c(CC(C)(C)C)cccc42)Sc2c([c-]c4ccccc4c2CC(C)(C)C)-c3n1.[Ir]. The van der Waals surface area contributed by atoms with E-state index in [0.717, 1.165) is 72.4 Å². The van der Waals surface area contributed by atoms with Gasteiger partial charge in [-0.25, -0.2) is 0 Å². The van der Waals surface area contributed by atoms with Crippen LogP contribution in [0.15, 0.2) is 82.4 Å². The third kappa shape index (κ3) is 9.12. The average Bonchev–Trinajstić information content (AvgIpc) is 3.09. The van der Waals surface area contributed by atoms with E-state index in [2.05, 4.69) is 96.1 Å². The fraction of sp³-hybridized carbons (Fsp3) is 0.458. The average molecular weight is 908 g/mol. The van der Waals surface area contributed by atoms with Gasteiger partial charge in [0.15, 0.2) is 5.78 Å². The number of aliphatic hydroxyl groups is 1. The largest absolute Gasteiger partial charge is 0.512 e. The number of benzene rings is 4. The van der Waals surface area contributed by atoms with Crippen LogP contribution in [0, 0.1) is 28.2 Å². The Morgan fingerprint density at radius 2 is 1.47 bits per heavy atom. The summed E-state index contributed by atoms with van der Waals surface area (Å²) in [5.74, 6) is 0.483. The number of hydrogen-bond acceptors (Lipinski definition) is 4. The predicted molar refractivity (Wildman–Crippen MR) is 225 cm³/mol. The Hall–Kier alpha value is -2.98. The molecule has 285 valence electrons. The Labute approximate surface area is 338 Å². The maximum absolute atomic E-state index is 12.3. The Morgan fingerprint density at radius 1 is 0.849 bits per heavy atom. The summed E-state index contributed by atoms with van der Waals surface area (Å²) in [4.78, 5) is 19.6. The molecule has 0 aliphatic carbocycles. The number of ketones is 1. The Kier molecular flexibility index (Phi) is 13.4. The number of hydrogen-bond donors (Lipinski definition) is 1. The van der Waals surface area contributed by atoms with Crippen molar-refractivity contribution in [2.75, 3.05) is 0 Å². The van der Waals surface area contributed by atoms with Gasteiger partial charge in [-0.3, -0.25) is 9.78 Å². The van der Waals surface area contributed by atoms with Crippen molar-refractivity contribution >= 4 is 49.9 Å². The normalized spacial score (nSPS) is 13.4. The molecule has 0 spiro atoms. The first kappa shape index (κ1) is 41.2. The second kappa shape index (κ2) is 17.2. The molecule has 1 aromatic heterocycles. The van der Waals surface area contributed by atoms with Crippen LogP contribution in [0.2, 0.25) is 0 Å². The molecular weight excluding hydrogens is 847 g/mol. The zero-order valence-corrected chi connectivity index (χ0v) is 37.1. The molecule has 5 heteroatoms. The van der Waals surface area contributed by atoms with Gasteiger partial charge in [-0.1, -0.05) is 129 Å². The van der Waals surface area contributed by atoms with Crippen molar-refractivity contribution in [3.05, 3.63) is 89.8 Å². The van der Waals surface area contributed by atoms with Crippen molar-refractivity contribution in [3.8, 4) is 11.3 Å². The van der Waals surface area contributed by atoms with Gasteiger partial charge in [-0.05, 0) is 99.9 Å². The molecule has 0 fully saturated rings. The molecule has 0 amide bonds. The Balaban J connectivity index is 0.000000309. The van der Waals surface area contributed by atoms with Crippen LogP contribution in [-0.2, 0) is 37.7 Å². The second-order valence-electron chi connectivity index (χ2n) is 17.1. The summed E-state index contributed by atoms with van der Waals surface area (Å²) < 4.78 is 8.66. The van der Waals surface area contributed by atoms with Gasteiger partial charge in [0.2, 0.25) is 0 Å². The minimum absolute atomic E-state index is 0. The summed E-state index contributed by atoms with van der Waals surface area (Å²) in [5.41, 5.74) is 4.75. The number of allylic oxidation sites excluding steroid dienone is 2. The van der Waals surface area contributed by atoms with E-state index in [1.165, 1.54) is 43.2 Å². The fourth-order valence-electron chi connectivity index (χ4n) is 7.89. The zero-order valence-electron chi connectivity index (χ0n) is 34.8. The molecule has 0 saturated heterocycles. The molecule has 53 heavy (non-hydrogen) atoms. The third-order valence-electron chi connectivity index (χ3n) is 11.0. The van der Waals surface area contributed by atoms with Gasteiger partial charge < -0.3 is 5.11 Å². The first-order chi connectivity index (χ1) is 25.0. The van der Waals surface area contributed by atoms with Crippen LogP contribution >= 0.6 is 11.8 Å². The maximum Gasteiger partial charge on any atom is 0.165 e. The molecule has 6 rings (SSSR count). The first-order valence-electron chi connectivity index (χ1n) is 20.0. The first-order valence-corrected chi connectivity index (χ1v) is 20.3. The van der Waals surface area contributed by atoms with Crippen LogP contribution in [0.5, 0.6) is 0 Å². The van der Waals surface area contributed by atoms with Gasteiger partial charge in [0.05, 0.1) is 7.13 Å². The smallest absolute Gasteiger partial charge is 0.165 e. The zero-order chi connectivity index (χ0) is 38.9. The monoisotopic (exact) mass is 908 g/mol. The fourth-order valence-corrected chi connectivity index (χ4v) is 9.15. The van der Waals surface area contributed by atoms with Crippen LogP contribution in [0.3, 0.4) is 0 Å². The van der Waals surface area contributed by atoms with Crippen molar-refractivity contribution in [1.82, 2.24) is 4.98 Å². The van der Waals surface area contributed by atoms with Crippen LogP contribution < -0.4 is 0 Å². The van der Waals surface area contributed by atoms with Crippen molar-refractivity contribution < 1.29 is 31.4 Å². The molecule has 4 aromatic carbocycles. The standard InChI is InChI=1S/C33H32NS.C15H28O2.Ir/c1-32(2,3)18-21-11-9-13-23-24-14-15-34-30-26-16-20-10-7-8-12-22(20)27(19-33(4,5)6)31(26)35-28(29(24)30)17-25(21)23;1-6-12(7-2)13(16)11-14(17)15(8-3,9-4)10-5;/h7-15,17H,18-19H2,1-6H3;11-12,16H,6-10H2,1-5H3;/q-1;;/b;13-11-;/i15D;;. The third-order valence-corrected chi connectivity index (χ3v) is 12.2. The topological polar surface area (TPSA) is 50.2 Å². The summed E-state index contributed by atoms with van der Waals surface area (Å²) in [7, 11) is 0. The molecule has 2 heterocycles. The maximum atomic E-state index is 12.3. The number of fused-ring (bicyclic) bond motifs is 5. The summed E-state index contributed by atoms with van der Waals surface area (Å²) in [6.45, 7) is 24.0. The molecule has 0 atom stereocenters. The van der Waals surface area contributed by atoms with Gasteiger partial charge in [0, 0.05) is 54.3 Å². The number of carbonyl (C=O) groups is 1. The molecule has 3 nitrogen and oxygen atoms in total. The van der Waals surface area contributed by atoms with E-state index < -0.39 is 0 Å². The van der Waals surface area contributed by atoms with Crippen molar-refractivity contribution in [2.45, 2.75) is 131 Å². The van der Waals surface area contributed by atoms with E-state index in [9.17, 15) is 9.90 Å². The molecule has 1 aliphatic heterocycles. The summed E-state index contributed by atoms with van der Waals surface area (Å²) in [6, 6.07) is 23.3. The minimum atomic E-state index is -0.278. The van der Waals surface area contributed by atoms with Crippen molar-refractivity contribution in [2.24, 2.45) is 22.2 Å². The summed E-state index contributed by atoms with van der Waals surface area (Å²) >= 11 is 1.87. The number of pyridine rings is 1. The molecule has 1 N–H and O–H groups in total. The second-order valence-corrected chi connectivity index (χ2v) is 18.2. The van der Waals surface area contributed by atoms with E-state index in [4.69, 9.17) is 6.35 Å². The van der Waals surface area contributed by atoms with Crippen LogP contribution in [0.1, 0.15) is 121 Å². The molecule has 0 saturated carbocycles. The molecule has 0 bridgehead atoms. The van der Waals surface area contributed by atoms with Crippen LogP contribution in [0.25, 0.3) is 43.6 Å². The Morgan fingerprint density at radius 3 is 2.08 bits per heavy atom. The summed E-state index contributed by atoms with van der Waals surface area (Å²) in [6.07, 6.45) is 8.05. The number of aromatic nitrogens is 1. The van der Waals surface area contributed by atoms with Gasteiger partial charge >= 0.3 is 0 Å². The molecule has 0 unspecified atom stereocenters. The Bertz CT molecular complexity index is 2160. The van der Waals surface area contributed by atoms with E-state index in [1.54, 1.807) is 0 Å². The number of carbonyl (C=O) groups excluding carboxylic acids is 1. The van der Waals surface area contributed by atoms with Gasteiger partial charge in [-0.15, -0.1) is 29.3 Å². The van der Waals surface area contributed by atoms with Gasteiger partial charge in [0.25, 0.3) is 0 Å². The summed E-state index contributed by atoms with van der Waals surface area (Å²) in [5, 5.41) is 17.2. The van der Waals surface area contributed by atoms with Crippen molar-refractivity contribution in [1.29, 1.82) is 0 Å². The van der Waals surface area contributed by atoms with Gasteiger partial charge in [0.1, 0.15) is 0 Å².